The largest absolute Gasteiger partial charge is 0.478 e. The Labute approximate surface area is 122 Å². The van der Waals surface area contributed by atoms with E-state index in [1.807, 2.05) is 13.8 Å². The standard InChI is InChI=1S/C14H17ClN2O3/c1-9(2)17(8-13(16)18)12-7-11(15)5-3-10(12)4-6-14(19)20/h3-7,9H,8H2,1-2H3,(H2,16,18)(H,19,20)/b6-4+. The van der Waals surface area contributed by atoms with Gasteiger partial charge in [-0.1, -0.05) is 17.7 Å². The number of rotatable bonds is 6. The van der Waals surface area contributed by atoms with Gasteiger partial charge in [0.25, 0.3) is 0 Å². The molecule has 108 valence electrons. The molecule has 3 N–H and O–H groups in total. The number of carboxylic acid groups (broad SMARTS) is 1. The minimum Gasteiger partial charge on any atom is -0.478 e. The van der Waals surface area contributed by atoms with Gasteiger partial charge in [0.15, 0.2) is 0 Å². The Hall–Kier alpha value is -2.01. The molecule has 0 heterocycles. The van der Waals surface area contributed by atoms with E-state index >= 15 is 0 Å². The summed E-state index contributed by atoms with van der Waals surface area (Å²) in [4.78, 5) is 23.6. The number of carbonyl (C=O) groups is 2. The minimum atomic E-state index is -1.04. The first kappa shape index (κ1) is 16.0. The predicted molar refractivity (Wildman–Crippen MR) is 79.8 cm³/mol. The highest BCUT2D eigenvalue weighted by Gasteiger charge is 2.16. The molecule has 0 atom stereocenters. The van der Waals surface area contributed by atoms with Gasteiger partial charge >= 0.3 is 5.97 Å². The second kappa shape index (κ2) is 6.96. The van der Waals surface area contributed by atoms with E-state index in [-0.39, 0.29) is 12.6 Å². The normalized spacial score (nSPS) is 11.0. The Bertz CT molecular complexity index is 541. The van der Waals surface area contributed by atoms with Crippen LogP contribution in [0, 0.1) is 0 Å². The van der Waals surface area contributed by atoms with Crippen molar-refractivity contribution in [2.45, 2.75) is 19.9 Å². The van der Waals surface area contributed by atoms with Gasteiger partial charge in [0, 0.05) is 22.8 Å². The lowest BCUT2D eigenvalue weighted by molar-refractivity contribution is -0.131. The molecule has 0 aromatic heterocycles. The third kappa shape index (κ3) is 4.59. The van der Waals surface area contributed by atoms with Crippen LogP contribution >= 0.6 is 11.6 Å². The topological polar surface area (TPSA) is 83.6 Å². The molecule has 0 radical (unpaired) electrons. The lowest BCUT2D eigenvalue weighted by Gasteiger charge is -2.29. The molecule has 0 aliphatic heterocycles. The van der Waals surface area contributed by atoms with Gasteiger partial charge in [0.1, 0.15) is 0 Å². The van der Waals surface area contributed by atoms with Gasteiger partial charge in [-0.3, -0.25) is 4.79 Å². The SMILES string of the molecule is CC(C)N(CC(N)=O)c1cc(Cl)ccc1/C=C/C(=O)O. The van der Waals surface area contributed by atoms with Crippen molar-refractivity contribution >= 4 is 35.2 Å². The van der Waals surface area contributed by atoms with Gasteiger partial charge < -0.3 is 15.7 Å². The summed E-state index contributed by atoms with van der Waals surface area (Å²) in [5.41, 5.74) is 6.58. The highest BCUT2D eigenvalue weighted by Crippen LogP contribution is 2.27. The summed E-state index contributed by atoms with van der Waals surface area (Å²) < 4.78 is 0. The van der Waals surface area contributed by atoms with Crippen LogP contribution in [0.3, 0.4) is 0 Å². The summed E-state index contributed by atoms with van der Waals surface area (Å²) in [5.74, 6) is -1.51. The fourth-order valence-corrected chi connectivity index (χ4v) is 1.95. The molecule has 1 aromatic carbocycles. The van der Waals surface area contributed by atoms with Crippen LogP contribution in [0.5, 0.6) is 0 Å². The Balaban J connectivity index is 3.27. The van der Waals surface area contributed by atoms with Crippen molar-refractivity contribution in [3.8, 4) is 0 Å². The molecule has 20 heavy (non-hydrogen) atoms. The number of hydrogen-bond acceptors (Lipinski definition) is 3. The van der Waals surface area contributed by atoms with Crippen molar-refractivity contribution in [3.05, 3.63) is 34.9 Å². The molecule has 0 spiro atoms. The molecular formula is C14H17ClN2O3. The van der Waals surface area contributed by atoms with Crippen molar-refractivity contribution in [1.82, 2.24) is 0 Å². The molecule has 0 unspecified atom stereocenters. The number of hydrogen-bond donors (Lipinski definition) is 2. The zero-order valence-electron chi connectivity index (χ0n) is 11.3. The highest BCUT2D eigenvalue weighted by atomic mass is 35.5. The number of amides is 1. The first-order valence-electron chi connectivity index (χ1n) is 6.06. The third-order valence-electron chi connectivity index (χ3n) is 2.66. The van der Waals surface area contributed by atoms with E-state index < -0.39 is 11.9 Å². The lowest BCUT2D eigenvalue weighted by atomic mass is 10.1. The number of anilines is 1. The predicted octanol–water partition coefficient (Wildman–Crippen LogP) is 2.14. The molecule has 0 saturated heterocycles. The van der Waals surface area contributed by atoms with Crippen molar-refractivity contribution in [2.24, 2.45) is 5.73 Å². The minimum absolute atomic E-state index is 0.0120. The van der Waals surface area contributed by atoms with E-state index in [1.54, 1.807) is 23.1 Å². The number of halogens is 1. The number of nitrogens with zero attached hydrogens (tertiary/aromatic N) is 1. The number of carbonyl (C=O) groups excluding carboxylic acids is 1. The molecule has 0 aliphatic rings. The number of carboxylic acids is 1. The summed E-state index contributed by atoms with van der Waals surface area (Å²) in [6, 6.07) is 5.06. The summed E-state index contributed by atoms with van der Waals surface area (Å²) in [7, 11) is 0. The van der Waals surface area contributed by atoms with E-state index in [0.717, 1.165) is 6.08 Å². The number of primary amides is 1. The Morgan fingerprint density at radius 1 is 1.45 bits per heavy atom. The van der Waals surface area contributed by atoms with Crippen LogP contribution in [-0.2, 0) is 9.59 Å². The Morgan fingerprint density at radius 3 is 2.60 bits per heavy atom. The van der Waals surface area contributed by atoms with Crippen LogP contribution in [0.2, 0.25) is 5.02 Å². The average molecular weight is 297 g/mol. The molecule has 0 saturated carbocycles. The average Bonchev–Trinajstić information content (AvgIpc) is 2.33. The molecule has 0 aliphatic carbocycles. The van der Waals surface area contributed by atoms with Crippen molar-refractivity contribution in [3.63, 3.8) is 0 Å². The third-order valence-corrected chi connectivity index (χ3v) is 2.89. The molecule has 1 aromatic rings. The molecule has 1 rings (SSSR count). The van der Waals surface area contributed by atoms with Gasteiger partial charge in [0.05, 0.1) is 6.54 Å². The van der Waals surface area contributed by atoms with Crippen LogP contribution < -0.4 is 10.6 Å². The van der Waals surface area contributed by atoms with Crippen LogP contribution in [0.15, 0.2) is 24.3 Å². The second-order valence-electron chi connectivity index (χ2n) is 4.56. The molecular weight excluding hydrogens is 280 g/mol. The number of aliphatic carboxylic acids is 1. The van der Waals surface area contributed by atoms with E-state index in [4.69, 9.17) is 22.4 Å². The quantitative estimate of drug-likeness (QED) is 0.788. The van der Waals surface area contributed by atoms with Crippen LogP contribution in [-0.4, -0.2) is 29.6 Å². The summed E-state index contributed by atoms with van der Waals surface area (Å²) in [6.07, 6.45) is 2.50. The van der Waals surface area contributed by atoms with Gasteiger partial charge in [-0.15, -0.1) is 0 Å². The van der Waals surface area contributed by atoms with Crippen molar-refractivity contribution < 1.29 is 14.7 Å². The number of nitrogens with two attached hydrogens (primary N) is 1. The van der Waals surface area contributed by atoms with Crippen molar-refractivity contribution in [2.75, 3.05) is 11.4 Å². The van der Waals surface area contributed by atoms with Gasteiger partial charge in [-0.2, -0.15) is 0 Å². The fraction of sp³-hybridized carbons (Fsp3) is 0.286. The lowest BCUT2D eigenvalue weighted by Crippen LogP contribution is -2.39. The van der Waals surface area contributed by atoms with Gasteiger partial charge in [0.2, 0.25) is 5.91 Å². The monoisotopic (exact) mass is 296 g/mol. The molecule has 1 amide bonds. The molecule has 6 heteroatoms. The first-order chi connectivity index (χ1) is 9.31. The maximum Gasteiger partial charge on any atom is 0.328 e. The summed E-state index contributed by atoms with van der Waals surface area (Å²) in [5, 5.41) is 9.22. The van der Waals surface area contributed by atoms with Crippen molar-refractivity contribution in [1.29, 1.82) is 0 Å². The highest BCUT2D eigenvalue weighted by molar-refractivity contribution is 6.31. The van der Waals surface area contributed by atoms with E-state index in [2.05, 4.69) is 0 Å². The van der Waals surface area contributed by atoms with E-state index in [0.29, 0.717) is 16.3 Å². The zero-order valence-corrected chi connectivity index (χ0v) is 12.1. The Kier molecular flexibility index (Phi) is 5.58. The molecule has 5 nitrogen and oxygen atoms in total. The fourth-order valence-electron chi connectivity index (χ4n) is 1.78. The maximum absolute atomic E-state index is 11.2. The molecule has 0 bridgehead atoms. The first-order valence-corrected chi connectivity index (χ1v) is 6.44. The van der Waals surface area contributed by atoms with E-state index in [9.17, 15) is 9.59 Å². The van der Waals surface area contributed by atoms with Gasteiger partial charge in [-0.05, 0) is 37.6 Å². The van der Waals surface area contributed by atoms with Crippen LogP contribution in [0.4, 0.5) is 5.69 Å². The summed E-state index contributed by atoms with van der Waals surface area (Å²) >= 11 is 5.98. The van der Waals surface area contributed by atoms with E-state index in [1.165, 1.54) is 6.08 Å². The number of benzene rings is 1. The summed E-state index contributed by atoms with van der Waals surface area (Å²) in [6.45, 7) is 3.86. The molecule has 0 fully saturated rings. The van der Waals surface area contributed by atoms with Crippen LogP contribution in [0.1, 0.15) is 19.4 Å². The van der Waals surface area contributed by atoms with Crippen LogP contribution in [0.25, 0.3) is 6.08 Å². The maximum atomic E-state index is 11.2. The second-order valence-corrected chi connectivity index (χ2v) is 5.00. The Morgan fingerprint density at radius 2 is 2.10 bits per heavy atom. The zero-order chi connectivity index (χ0) is 15.3. The smallest absolute Gasteiger partial charge is 0.328 e. The van der Waals surface area contributed by atoms with Gasteiger partial charge in [-0.25, -0.2) is 4.79 Å².